The quantitative estimate of drug-likeness (QED) is 0.384. The summed E-state index contributed by atoms with van der Waals surface area (Å²) in [5.74, 6) is -0.594. The van der Waals surface area contributed by atoms with E-state index in [2.05, 4.69) is 20.7 Å². The zero-order valence-corrected chi connectivity index (χ0v) is 11.5. The molecule has 21 heavy (non-hydrogen) atoms. The van der Waals surface area contributed by atoms with Crippen LogP contribution in [0.3, 0.4) is 0 Å². The van der Waals surface area contributed by atoms with Crippen molar-refractivity contribution in [3.63, 3.8) is 0 Å². The lowest BCUT2D eigenvalue weighted by atomic mass is 10.2. The number of hydrogen-bond acceptors (Lipinski definition) is 7. The fourth-order valence-electron chi connectivity index (χ4n) is 1.48. The van der Waals surface area contributed by atoms with Gasteiger partial charge in [-0.15, -0.1) is 0 Å². The smallest absolute Gasteiger partial charge is 0.285 e. The number of benzene rings is 1. The molecule has 9 heteroatoms. The van der Waals surface area contributed by atoms with Gasteiger partial charge in [0, 0.05) is 5.56 Å². The van der Waals surface area contributed by atoms with Crippen molar-refractivity contribution in [2.45, 2.75) is 0 Å². The van der Waals surface area contributed by atoms with Crippen LogP contribution in [0.5, 0.6) is 17.2 Å². The number of aromatic amines is 1. The van der Waals surface area contributed by atoms with Gasteiger partial charge in [0.05, 0.1) is 19.5 Å². The molecular weight excluding hydrogens is 300 g/mol. The van der Waals surface area contributed by atoms with Gasteiger partial charge in [-0.2, -0.15) is 10.2 Å². The first-order valence-corrected chi connectivity index (χ1v) is 6.03. The molecule has 0 unspecified atom stereocenters. The molecule has 4 N–H and O–H groups in total. The highest BCUT2D eigenvalue weighted by molar-refractivity contribution is 6.32. The Labute approximate surface area is 123 Å². The number of halogens is 1. The largest absolute Gasteiger partial charge is 0.504 e. The topological polar surface area (TPSA) is 120 Å². The van der Waals surface area contributed by atoms with E-state index in [1.54, 1.807) is 0 Å². The molecule has 0 fully saturated rings. The molecule has 0 aliphatic rings. The van der Waals surface area contributed by atoms with Crippen LogP contribution in [0, 0.1) is 0 Å². The Morgan fingerprint density at radius 3 is 2.95 bits per heavy atom. The Morgan fingerprint density at radius 1 is 1.48 bits per heavy atom. The standard InChI is InChI=1S/C12H11ClN4O4/c1-21-9-3-6(2-8(18)11(9)19)4-14-16-7-5-15-17-12(20)10(7)13/h2-5,18-19H,1H3,(H2,16,17,20)/b14-4+. The van der Waals surface area contributed by atoms with E-state index in [0.29, 0.717) is 5.56 Å². The lowest BCUT2D eigenvalue weighted by Gasteiger charge is -2.06. The van der Waals surface area contributed by atoms with Crippen LogP contribution in [-0.2, 0) is 0 Å². The number of phenolic OH excluding ortho intramolecular Hbond substituents is 2. The van der Waals surface area contributed by atoms with Crippen molar-refractivity contribution in [1.82, 2.24) is 10.2 Å². The number of hydrazone groups is 1. The van der Waals surface area contributed by atoms with Crippen LogP contribution in [0.2, 0.25) is 5.02 Å². The van der Waals surface area contributed by atoms with Crippen molar-refractivity contribution in [3.05, 3.63) is 39.3 Å². The van der Waals surface area contributed by atoms with Crippen LogP contribution in [0.25, 0.3) is 0 Å². The minimum absolute atomic E-state index is 0.0757. The first kappa shape index (κ1) is 14.7. The Kier molecular flexibility index (Phi) is 4.29. The monoisotopic (exact) mass is 310 g/mol. The zero-order chi connectivity index (χ0) is 15.4. The molecule has 110 valence electrons. The van der Waals surface area contributed by atoms with Gasteiger partial charge in [-0.1, -0.05) is 11.6 Å². The molecule has 0 radical (unpaired) electrons. The summed E-state index contributed by atoms with van der Waals surface area (Å²) < 4.78 is 4.90. The lowest BCUT2D eigenvalue weighted by Crippen LogP contribution is -2.10. The van der Waals surface area contributed by atoms with E-state index in [1.165, 1.54) is 31.7 Å². The van der Waals surface area contributed by atoms with Crippen LogP contribution in [0.15, 0.2) is 28.2 Å². The second-order valence-electron chi connectivity index (χ2n) is 3.89. The highest BCUT2D eigenvalue weighted by Gasteiger charge is 2.08. The fraction of sp³-hybridized carbons (Fsp3) is 0.0833. The summed E-state index contributed by atoms with van der Waals surface area (Å²) in [7, 11) is 1.36. The number of phenols is 2. The van der Waals surface area contributed by atoms with E-state index in [1.807, 2.05) is 0 Å². The molecule has 8 nitrogen and oxygen atoms in total. The molecule has 0 aliphatic carbocycles. The van der Waals surface area contributed by atoms with Gasteiger partial charge in [0.2, 0.25) is 5.75 Å². The molecule has 2 aromatic rings. The van der Waals surface area contributed by atoms with Gasteiger partial charge < -0.3 is 14.9 Å². The number of ether oxygens (including phenoxy) is 1. The van der Waals surface area contributed by atoms with Crippen LogP contribution >= 0.6 is 11.6 Å². The Balaban J connectivity index is 2.20. The van der Waals surface area contributed by atoms with Crippen molar-refractivity contribution in [2.75, 3.05) is 12.5 Å². The van der Waals surface area contributed by atoms with Gasteiger partial charge in [0.1, 0.15) is 10.7 Å². The van der Waals surface area contributed by atoms with Crippen LogP contribution in [0.4, 0.5) is 5.69 Å². The van der Waals surface area contributed by atoms with Gasteiger partial charge in [-0.05, 0) is 12.1 Å². The van der Waals surface area contributed by atoms with Crippen molar-refractivity contribution in [1.29, 1.82) is 0 Å². The molecule has 0 atom stereocenters. The molecule has 0 saturated heterocycles. The van der Waals surface area contributed by atoms with Crippen molar-refractivity contribution in [3.8, 4) is 17.2 Å². The van der Waals surface area contributed by atoms with Crippen LogP contribution in [-0.4, -0.2) is 33.7 Å². The normalized spacial score (nSPS) is 10.8. The van der Waals surface area contributed by atoms with Gasteiger partial charge in [-0.3, -0.25) is 10.2 Å². The summed E-state index contributed by atoms with van der Waals surface area (Å²) in [4.78, 5) is 11.2. The first-order chi connectivity index (χ1) is 10.0. The maximum Gasteiger partial charge on any atom is 0.285 e. The predicted octanol–water partition coefficient (Wildman–Crippen LogP) is 1.29. The molecule has 0 spiro atoms. The van der Waals surface area contributed by atoms with E-state index in [0.717, 1.165) is 0 Å². The van der Waals surface area contributed by atoms with Gasteiger partial charge in [0.25, 0.3) is 5.56 Å². The summed E-state index contributed by atoms with van der Waals surface area (Å²) in [6.07, 6.45) is 2.65. The third-order valence-corrected chi connectivity index (χ3v) is 2.87. The second-order valence-corrected chi connectivity index (χ2v) is 4.27. The number of rotatable bonds is 4. The third-order valence-electron chi connectivity index (χ3n) is 2.49. The summed E-state index contributed by atoms with van der Waals surface area (Å²) in [5.41, 5.74) is 2.69. The zero-order valence-electron chi connectivity index (χ0n) is 10.8. The number of aromatic hydroxyl groups is 2. The van der Waals surface area contributed by atoms with Crippen molar-refractivity contribution in [2.24, 2.45) is 5.10 Å². The molecule has 2 rings (SSSR count). The average molecular weight is 311 g/mol. The molecule has 0 amide bonds. The number of nitrogens with zero attached hydrogens (tertiary/aromatic N) is 2. The minimum atomic E-state index is -0.541. The summed E-state index contributed by atoms with van der Waals surface area (Å²) in [5, 5.41) is 28.5. The Morgan fingerprint density at radius 2 is 2.24 bits per heavy atom. The number of nitrogens with one attached hydrogen (secondary N) is 2. The number of hydrogen-bond donors (Lipinski definition) is 4. The molecular formula is C12H11ClN4O4. The highest BCUT2D eigenvalue weighted by atomic mass is 35.5. The summed E-state index contributed by atoms with van der Waals surface area (Å²) >= 11 is 5.76. The lowest BCUT2D eigenvalue weighted by molar-refractivity contribution is 0.351. The number of methoxy groups -OCH3 is 1. The molecule has 0 saturated carbocycles. The Bertz CT molecular complexity index is 745. The van der Waals surface area contributed by atoms with Gasteiger partial charge in [-0.25, -0.2) is 5.10 Å². The van der Waals surface area contributed by atoms with E-state index in [9.17, 15) is 15.0 Å². The van der Waals surface area contributed by atoms with Crippen molar-refractivity contribution < 1.29 is 14.9 Å². The minimum Gasteiger partial charge on any atom is -0.504 e. The SMILES string of the molecule is COc1cc(/C=N/Nc2cn[nH]c(=O)c2Cl)cc(O)c1O. The van der Waals surface area contributed by atoms with Gasteiger partial charge in [0.15, 0.2) is 11.5 Å². The molecule has 0 aliphatic heterocycles. The van der Waals surface area contributed by atoms with E-state index >= 15 is 0 Å². The molecule has 0 bridgehead atoms. The van der Waals surface area contributed by atoms with Crippen LogP contribution < -0.4 is 15.7 Å². The number of H-pyrrole nitrogens is 1. The number of anilines is 1. The Hall–Kier alpha value is -2.74. The summed E-state index contributed by atoms with van der Waals surface area (Å²) in [6, 6.07) is 2.76. The molecule has 1 heterocycles. The highest BCUT2D eigenvalue weighted by Crippen LogP contribution is 2.35. The number of aromatic nitrogens is 2. The second kappa shape index (κ2) is 6.14. The molecule has 1 aromatic heterocycles. The van der Waals surface area contributed by atoms with E-state index in [4.69, 9.17) is 16.3 Å². The third kappa shape index (κ3) is 3.23. The predicted molar refractivity (Wildman–Crippen MR) is 77.4 cm³/mol. The van der Waals surface area contributed by atoms with Crippen LogP contribution in [0.1, 0.15) is 5.56 Å². The van der Waals surface area contributed by atoms with E-state index < -0.39 is 5.56 Å². The summed E-state index contributed by atoms with van der Waals surface area (Å²) in [6.45, 7) is 0. The van der Waals surface area contributed by atoms with E-state index in [-0.39, 0.29) is 28.0 Å². The van der Waals surface area contributed by atoms with Gasteiger partial charge >= 0.3 is 0 Å². The fourth-order valence-corrected chi connectivity index (χ4v) is 1.62. The maximum absolute atomic E-state index is 11.2. The van der Waals surface area contributed by atoms with Crippen molar-refractivity contribution >= 4 is 23.5 Å². The average Bonchev–Trinajstić information content (AvgIpc) is 2.47. The maximum atomic E-state index is 11.2. The first-order valence-electron chi connectivity index (χ1n) is 5.65. The molecule has 1 aromatic carbocycles.